The summed E-state index contributed by atoms with van der Waals surface area (Å²) >= 11 is 0. The molecule has 0 bridgehead atoms. The van der Waals surface area contributed by atoms with Crippen LogP contribution >= 0.6 is 0 Å². The van der Waals surface area contributed by atoms with Crippen LogP contribution < -0.4 is 5.32 Å². The van der Waals surface area contributed by atoms with E-state index in [0.29, 0.717) is 5.69 Å². The Morgan fingerprint density at radius 1 is 1.20 bits per heavy atom. The zero-order valence-electron chi connectivity index (χ0n) is 10.5. The molecule has 102 valence electrons. The normalized spacial score (nSPS) is 10.1. The SMILES string of the molecule is Cc1cnc(C(=O)Nc2ccc(O)c(C(=O)O)c2)cn1. The molecule has 0 saturated heterocycles. The zero-order chi connectivity index (χ0) is 14.7. The number of amides is 1. The van der Waals surface area contributed by atoms with Crippen molar-refractivity contribution in [2.75, 3.05) is 5.32 Å². The summed E-state index contributed by atoms with van der Waals surface area (Å²) in [6.07, 6.45) is 2.78. The molecule has 1 amide bonds. The lowest BCUT2D eigenvalue weighted by molar-refractivity contribution is 0.0693. The highest BCUT2D eigenvalue weighted by Crippen LogP contribution is 2.21. The standard InChI is InChI=1S/C13H11N3O4/c1-7-5-15-10(6-14-7)12(18)16-8-2-3-11(17)9(4-8)13(19)20/h2-6,17H,1H3,(H,16,18)(H,19,20). The lowest BCUT2D eigenvalue weighted by Gasteiger charge is -2.06. The Hall–Kier alpha value is -2.96. The number of carboxylic acids is 1. The van der Waals surface area contributed by atoms with Crippen LogP contribution in [-0.2, 0) is 0 Å². The molecule has 1 aromatic heterocycles. The first kappa shape index (κ1) is 13.5. The van der Waals surface area contributed by atoms with Crippen LogP contribution in [0.4, 0.5) is 5.69 Å². The van der Waals surface area contributed by atoms with Gasteiger partial charge in [0.25, 0.3) is 5.91 Å². The first-order valence-corrected chi connectivity index (χ1v) is 5.63. The maximum absolute atomic E-state index is 11.9. The fourth-order valence-corrected chi connectivity index (χ4v) is 1.49. The van der Waals surface area contributed by atoms with Crippen LogP contribution in [0.1, 0.15) is 26.5 Å². The maximum Gasteiger partial charge on any atom is 0.339 e. The second-order valence-corrected chi connectivity index (χ2v) is 4.03. The minimum absolute atomic E-state index is 0.112. The zero-order valence-corrected chi connectivity index (χ0v) is 10.5. The number of rotatable bonds is 3. The van der Waals surface area contributed by atoms with Crippen LogP contribution in [0.2, 0.25) is 0 Å². The number of benzene rings is 1. The van der Waals surface area contributed by atoms with Crippen molar-refractivity contribution in [3.05, 3.63) is 47.5 Å². The summed E-state index contributed by atoms with van der Waals surface area (Å²) < 4.78 is 0. The van der Waals surface area contributed by atoms with Crippen LogP contribution in [0.5, 0.6) is 5.75 Å². The highest BCUT2D eigenvalue weighted by molar-refractivity contribution is 6.03. The predicted molar refractivity (Wildman–Crippen MR) is 69.8 cm³/mol. The number of carboxylic acid groups (broad SMARTS) is 1. The van der Waals surface area contributed by atoms with E-state index in [0.717, 1.165) is 6.07 Å². The van der Waals surface area contributed by atoms with E-state index in [1.54, 1.807) is 6.92 Å². The summed E-state index contributed by atoms with van der Waals surface area (Å²) in [6.45, 7) is 1.74. The first-order valence-electron chi connectivity index (χ1n) is 5.63. The lowest BCUT2D eigenvalue weighted by atomic mass is 10.1. The number of carbonyl (C=O) groups excluding carboxylic acids is 1. The van der Waals surface area contributed by atoms with Crippen molar-refractivity contribution in [3.8, 4) is 5.75 Å². The molecule has 20 heavy (non-hydrogen) atoms. The lowest BCUT2D eigenvalue weighted by Crippen LogP contribution is -2.14. The number of aromatic hydroxyl groups is 1. The van der Waals surface area contributed by atoms with Gasteiger partial charge in [-0.15, -0.1) is 0 Å². The largest absolute Gasteiger partial charge is 0.507 e. The summed E-state index contributed by atoms with van der Waals surface area (Å²) in [6, 6.07) is 3.75. The molecule has 7 heteroatoms. The van der Waals surface area contributed by atoms with E-state index in [4.69, 9.17) is 5.11 Å². The van der Waals surface area contributed by atoms with Gasteiger partial charge in [-0.2, -0.15) is 0 Å². The molecule has 1 aromatic carbocycles. The van der Waals surface area contributed by atoms with Gasteiger partial charge in [0.05, 0.1) is 11.9 Å². The van der Waals surface area contributed by atoms with E-state index < -0.39 is 11.9 Å². The van der Waals surface area contributed by atoms with Crippen molar-refractivity contribution in [1.29, 1.82) is 0 Å². The monoisotopic (exact) mass is 273 g/mol. The third-order valence-electron chi connectivity index (χ3n) is 2.50. The number of nitrogens with one attached hydrogen (secondary N) is 1. The Bertz CT molecular complexity index is 668. The van der Waals surface area contributed by atoms with E-state index in [1.807, 2.05) is 0 Å². The Balaban J connectivity index is 2.21. The van der Waals surface area contributed by atoms with E-state index in [1.165, 1.54) is 24.5 Å². The Labute approximate surface area is 113 Å². The number of carbonyl (C=O) groups is 2. The molecule has 3 N–H and O–H groups in total. The Morgan fingerprint density at radius 2 is 1.95 bits per heavy atom. The van der Waals surface area contributed by atoms with Gasteiger partial charge in [-0.1, -0.05) is 0 Å². The number of hydrogen-bond donors (Lipinski definition) is 3. The topological polar surface area (TPSA) is 112 Å². The molecule has 7 nitrogen and oxygen atoms in total. The molecule has 2 aromatic rings. The first-order chi connectivity index (χ1) is 9.47. The van der Waals surface area contributed by atoms with Crippen LogP contribution in [0.15, 0.2) is 30.6 Å². The van der Waals surface area contributed by atoms with Crippen LogP contribution in [-0.4, -0.2) is 32.1 Å². The number of phenols is 1. The molecule has 0 atom stereocenters. The summed E-state index contributed by atoms with van der Waals surface area (Å²) in [5, 5.41) is 20.7. The average molecular weight is 273 g/mol. The summed E-state index contributed by atoms with van der Waals surface area (Å²) in [5.74, 6) is -2.17. The van der Waals surface area contributed by atoms with Gasteiger partial charge in [0.2, 0.25) is 0 Å². The fourth-order valence-electron chi connectivity index (χ4n) is 1.49. The van der Waals surface area contributed by atoms with E-state index in [2.05, 4.69) is 15.3 Å². The van der Waals surface area contributed by atoms with Gasteiger partial charge in [-0.25, -0.2) is 9.78 Å². The van der Waals surface area contributed by atoms with Crippen LogP contribution in [0.3, 0.4) is 0 Å². The van der Waals surface area contributed by atoms with Gasteiger partial charge in [-0.05, 0) is 25.1 Å². The molecule has 0 spiro atoms. The van der Waals surface area contributed by atoms with Gasteiger partial charge < -0.3 is 15.5 Å². The van der Waals surface area contributed by atoms with Crippen molar-refractivity contribution in [2.45, 2.75) is 6.92 Å². The highest BCUT2D eigenvalue weighted by atomic mass is 16.4. The average Bonchev–Trinajstić information content (AvgIpc) is 2.41. The molecule has 2 rings (SSSR count). The van der Waals surface area contributed by atoms with Crippen molar-refractivity contribution in [1.82, 2.24) is 9.97 Å². The van der Waals surface area contributed by atoms with E-state index in [-0.39, 0.29) is 22.7 Å². The predicted octanol–water partition coefficient (Wildman–Crippen LogP) is 1.44. The van der Waals surface area contributed by atoms with E-state index >= 15 is 0 Å². The molecule has 0 aliphatic heterocycles. The van der Waals surface area contributed by atoms with Crippen LogP contribution in [0, 0.1) is 6.92 Å². The number of nitrogens with zero attached hydrogens (tertiary/aromatic N) is 2. The minimum Gasteiger partial charge on any atom is -0.507 e. The van der Waals surface area contributed by atoms with Crippen molar-refractivity contribution in [3.63, 3.8) is 0 Å². The smallest absolute Gasteiger partial charge is 0.339 e. The van der Waals surface area contributed by atoms with Crippen molar-refractivity contribution in [2.24, 2.45) is 0 Å². The number of aromatic nitrogens is 2. The third kappa shape index (κ3) is 2.89. The molecule has 0 saturated carbocycles. The fraction of sp³-hybridized carbons (Fsp3) is 0.0769. The molecule has 0 aliphatic rings. The molecular formula is C13H11N3O4. The second kappa shape index (κ2) is 5.35. The van der Waals surface area contributed by atoms with Gasteiger partial charge in [0.1, 0.15) is 17.0 Å². The number of anilines is 1. The second-order valence-electron chi connectivity index (χ2n) is 4.03. The third-order valence-corrected chi connectivity index (χ3v) is 2.50. The molecule has 0 radical (unpaired) electrons. The molecular weight excluding hydrogens is 262 g/mol. The number of hydrogen-bond acceptors (Lipinski definition) is 5. The van der Waals surface area contributed by atoms with Crippen LogP contribution in [0.25, 0.3) is 0 Å². The number of aryl methyl sites for hydroxylation is 1. The van der Waals surface area contributed by atoms with Crippen molar-refractivity contribution >= 4 is 17.6 Å². The van der Waals surface area contributed by atoms with Gasteiger partial charge >= 0.3 is 5.97 Å². The molecule has 0 unspecified atom stereocenters. The molecule has 0 aliphatic carbocycles. The Kier molecular flexibility index (Phi) is 3.60. The molecule has 0 fully saturated rings. The van der Waals surface area contributed by atoms with Gasteiger partial charge in [0.15, 0.2) is 0 Å². The number of aromatic carboxylic acids is 1. The summed E-state index contributed by atoms with van der Waals surface area (Å²) in [7, 11) is 0. The summed E-state index contributed by atoms with van der Waals surface area (Å²) in [4.78, 5) is 30.6. The minimum atomic E-state index is -1.28. The van der Waals surface area contributed by atoms with Gasteiger partial charge in [0, 0.05) is 11.9 Å². The van der Waals surface area contributed by atoms with Gasteiger partial charge in [-0.3, -0.25) is 9.78 Å². The highest BCUT2D eigenvalue weighted by Gasteiger charge is 2.13. The van der Waals surface area contributed by atoms with E-state index in [9.17, 15) is 14.7 Å². The molecule has 1 heterocycles. The maximum atomic E-state index is 11.9. The van der Waals surface area contributed by atoms with Crippen molar-refractivity contribution < 1.29 is 19.8 Å². The Morgan fingerprint density at radius 3 is 2.55 bits per heavy atom. The summed E-state index contributed by atoms with van der Waals surface area (Å²) in [5.41, 5.74) is 0.741. The quantitative estimate of drug-likeness (QED) is 0.729.